The first kappa shape index (κ1) is 16.6. The molecule has 5 nitrogen and oxygen atoms in total. The first-order valence-corrected chi connectivity index (χ1v) is 9.44. The number of piperidine rings is 1. The lowest BCUT2D eigenvalue weighted by Gasteiger charge is -2.37. The van der Waals surface area contributed by atoms with Gasteiger partial charge in [0, 0.05) is 37.8 Å². The Balaban J connectivity index is 1.34. The standard InChI is InChI=1S/C20H26N2O3/c23-19(15-4-2-1-3-5-15)21-10-8-16(9-11-21)22-12-17(14-6-7-14)18(13-22)20(24)25/h1-5,14,16-18H,6-13H2,(H,24,25)/t17-,18+/m0/s1. The van der Waals surface area contributed by atoms with E-state index in [-0.39, 0.29) is 11.8 Å². The van der Waals surface area contributed by atoms with E-state index in [1.807, 2.05) is 35.2 Å². The number of nitrogens with zero attached hydrogens (tertiary/aromatic N) is 2. The van der Waals surface area contributed by atoms with Crippen LogP contribution in [0, 0.1) is 17.8 Å². The highest BCUT2D eigenvalue weighted by Gasteiger charge is 2.47. The fourth-order valence-corrected chi connectivity index (χ4v) is 4.62. The van der Waals surface area contributed by atoms with Crippen molar-refractivity contribution < 1.29 is 14.7 Å². The zero-order valence-corrected chi connectivity index (χ0v) is 14.5. The van der Waals surface area contributed by atoms with E-state index in [0.29, 0.717) is 24.4 Å². The van der Waals surface area contributed by atoms with E-state index >= 15 is 0 Å². The maximum absolute atomic E-state index is 12.6. The predicted molar refractivity (Wildman–Crippen MR) is 94.3 cm³/mol. The van der Waals surface area contributed by atoms with Gasteiger partial charge in [0.25, 0.3) is 5.91 Å². The number of carbonyl (C=O) groups excluding carboxylic acids is 1. The van der Waals surface area contributed by atoms with E-state index in [1.54, 1.807) is 0 Å². The second-order valence-electron chi connectivity index (χ2n) is 7.79. The van der Waals surface area contributed by atoms with Gasteiger partial charge in [0.05, 0.1) is 5.92 Å². The lowest BCUT2D eigenvalue weighted by molar-refractivity contribution is -0.142. The smallest absolute Gasteiger partial charge is 0.308 e. The molecule has 0 unspecified atom stereocenters. The molecule has 1 aliphatic carbocycles. The zero-order chi connectivity index (χ0) is 17.4. The Labute approximate surface area is 148 Å². The van der Waals surface area contributed by atoms with Crippen LogP contribution in [0.4, 0.5) is 0 Å². The van der Waals surface area contributed by atoms with Crippen LogP contribution in [-0.2, 0) is 4.79 Å². The van der Waals surface area contributed by atoms with Crippen molar-refractivity contribution in [3.8, 4) is 0 Å². The fourth-order valence-electron chi connectivity index (χ4n) is 4.62. The SMILES string of the molecule is O=C(O)[C@@H]1CN(C2CCN(C(=O)c3ccccc3)CC2)C[C@H]1C1CC1. The van der Waals surface area contributed by atoms with Crippen molar-refractivity contribution in [1.82, 2.24) is 9.80 Å². The van der Waals surface area contributed by atoms with Gasteiger partial charge in [0.15, 0.2) is 0 Å². The molecule has 3 aliphatic rings. The molecule has 3 fully saturated rings. The number of benzene rings is 1. The number of carboxylic acid groups (broad SMARTS) is 1. The quantitative estimate of drug-likeness (QED) is 0.912. The van der Waals surface area contributed by atoms with Gasteiger partial charge in [-0.05, 0) is 49.7 Å². The predicted octanol–water partition coefficient (Wildman–Crippen LogP) is 2.33. The molecule has 25 heavy (non-hydrogen) atoms. The number of carboxylic acids is 1. The second kappa shape index (κ2) is 6.79. The highest BCUT2D eigenvalue weighted by molar-refractivity contribution is 5.94. The normalized spacial score (nSPS) is 28.2. The maximum Gasteiger partial charge on any atom is 0.308 e. The van der Waals surface area contributed by atoms with Crippen molar-refractivity contribution in [3.05, 3.63) is 35.9 Å². The van der Waals surface area contributed by atoms with Gasteiger partial charge in [-0.1, -0.05) is 18.2 Å². The van der Waals surface area contributed by atoms with Gasteiger partial charge in [-0.25, -0.2) is 0 Å². The van der Waals surface area contributed by atoms with Crippen molar-refractivity contribution in [2.75, 3.05) is 26.2 Å². The summed E-state index contributed by atoms with van der Waals surface area (Å²) in [4.78, 5) is 28.5. The van der Waals surface area contributed by atoms with Crippen LogP contribution in [-0.4, -0.2) is 59.0 Å². The number of amides is 1. The van der Waals surface area contributed by atoms with Crippen LogP contribution in [0.25, 0.3) is 0 Å². The number of hydrogen-bond acceptors (Lipinski definition) is 3. The molecule has 1 aromatic carbocycles. The summed E-state index contributed by atoms with van der Waals surface area (Å²) in [6, 6.07) is 9.87. The van der Waals surface area contributed by atoms with Crippen molar-refractivity contribution in [2.24, 2.45) is 17.8 Å². The lowest BCUT2D eigenvalue weighted by Crippen LogP contribution is -2.46. The molecule has 0 radical (unpaired) electrons. The van der Waals surface area contributed by atoms with Crippen LogP contribution < -0.4 is 0 Å². The summed E-state index contributed by atoms with van der Waals surface area (Å²) in [6.07, 6.45) is 4.29. The summed E-state index contributed by atoms with van der Waals surface area (Å²) in [7, 11) is 0. The number of aliphatic carboxylic acids is 1. The Morgan fingerprint density at radius 2 is 1.64 bits per heavy atom. The largest absolute Gasteiger partial charge is 0.481 e. The van der Waals surface area contributed by atoms with E-state index in [4.69, 9.17) is 0 Å². The fraction of sp³-hybridized carbons (Fsp3) is 0.600. The number of carbonyl (C=O) groups is 2. The van der Waals surface area contributed by atoms with E-state index < -0.39 is 5.97 Å². The Kier molecular flexibility index (Phi) is 4.50. The van der Waals surface area contributed by atoms with Gasteiger partial charge >= 0.3 is 5.97 Å². The maximum atomic E-state index is 12.6. The Morgan fingerprint density at radius 3 is 2.24 bits per heavy atom. The van der Waals surface area contributed by atoms with Gasteiger partial charge in [0.2, 0.25) is 0 Å². The van der Waals surface area contributed by atoms with Crippen LogP contribution in [0.15, 0.2) is 30.3 Å². The summed E-state index contributed by atoms with van der Waals surface area (Å²) >= 11 is 0. The second-order valence-corrected chi connectivity index (χ2v) is 7.79. The van der Waals surface area contributed by atoms with Crippen LogP contribution >= 0.6 is 0 Å². The molecule has 0 spiro atoms. The number of rotatable bonds is 4. The molecule has 5 heteroatoms. The molecule has 0 aromatic heterocycles. The Hall–Kier alpha value is -1.88. The average molecular weight is 342 g/mol. The molecule has 1 amide bonds. The van der Waals surface area contributed by atoms with Crippen molar-refractivity contribution in [1.29, 1.82) is 0 Å². The third-order valence-corrected chi connectivity index (χ3v) is 6.23. The molecule has 1 aromatic rings. The van der Waals surface area contributed by atoms with Gasteiger partial charge in [-0.2, -0.15) is 0 Å². The first-order valence-electron chi connectivity index (χ1n) is 9.44. The summed E-state index contributed by atoms with van der Waals surface area (Å²) in [5.74, 6) is 0.250. The minimum Gasteiger partial charge on any atom is -0.481 e. The van der Waals surface area contributed by atoms with E-state index in [1.165, 1.54) is 12.8 Å². The molecule has 134 valence electrons. The molecular weight excluding hydrogens is 316 g/mol. The van der Waals surface area contributed by atoms with Gasteiger partial charge in [-0.3, -0.25) is 14.5 Å². The van der Waals surface area contributed by atoms with Crippen LogP contribution in [0.2, 0.25) is 0 Å². The minimum absolute atomic E-state index is 0.111. The highest BCUT2D eigenvalue weighted by Crippen LogP contribution is 2.45. The van der Waals surface area contributed by atoms with Crippen LogP contribution in [0.3, 0.4) is 0 Å². The van der Waals surface area contributed by atoms with E-state index in [2.05, 4.69) is 4.90 Å². The summed E-state index contributed by atoms with van der Waals surface area (Å²) < 4.78 is 0. The van der Waals surface area contributed by atoms with E-state index in [0.717, 1.165) is 38.0 Å². The number of likely N-dealkylation sites (tertiary alicyclic amines) is 2. The minimum atomic E-state index is -0.629. The van der Waals surface area contributed by atoms with Gasteiger partial charge in [-0.15, -0.1) is 0 Å². The Morgan fingerprint density at radius 1 is 0.960 bits per heavy atom. The monoisotopic (exact) mass is 342 g/mol. The van der Waals surface area contributed by atoms with E-state index in [9.17, 15) is 14.7 Å². The van der Waals surface area contributed by atoms with Crippen molar-refractivity contribution in [3.63, 3.8) is 0 Å². The molecule has 0 bridgehead atoms. The number of hydrogen-bond donors (Lipinski definition) is 1. The molecule has 1 N–H and O–H groups in total. The topological polar surface area (TPSA) is 60.9 Å². The third kappa shape index (κ3) is 3.43. The lowest BCUT2D eigenvalue weighted by atomic mass is 9.92. The molecule has 2 aliphatic heterocycles. The summed E-state index contributed by atoms with van der Waals surface area (Å²) in [5, 5.41) is 9.54. The van der Waals surface area contributed by atoms with Crippen LogP contribution in [0.1, 0.15) is 36.0 Å². The molecule has 2 heterocycles. The molecule has 2 atom stereocenters. The highest BCUT2D eigenvalue weighted by atomic mass is 16.4. The van der Waals surface area contributed by atoms with Gasteiger partial charge in [0.1, 0.15) is 0 Å². The molecule has 2 saturated heterocycles. The third-order valence-electron chi connectivity index (χ3n) is 6.23. The van der Waals surface area contributed by atoms with Gasteiger partial charge < -0.3 is 10.0 Å². The summed E-state index contributed by atoms with van der Waals surface area (Å²) in [6.45, 7) is 3.15. The average Bonchev–Trinajstić information content (AvgIpc) is 3.40. The first-order chi connectivity index (χ1) is 12.1. The van der Waals surface area contributed by atoms with Crippen LogP contribution in [0.5, 0.6) is 0 Å². The molecule has 4 rings (SSSR count). The molecular formula is C20H26N2O3. The zero-order valence-electron chi connectivity index (χ0n) is 14.5. The van der Waals surface area contributed by atoms with Crippen molar-refractivity contribution >= 4 is 11.9 Å². The Bertz CT molecular complexity index is 636. The summed E-state index contributed by atoms with van der Waals surface area (Å²) in [5.41, 5.74) is 0.752. The van der Waals surface area contributed by atoms with Crippen molar-refractivity contribution in [2.45, 2.75) is 31.7 Å². The molecule has 1 saturated carbocycles.